The minimum Gasteiger partial charge on any atom is -0.460 e. The van der Waals surface area contributed by atoms with Crippen molar-refractivity contribution in [2.45, 2.75) is 187 Å². The van der Waals surface area contributed by atoms with Gasteiger partial charge in [-0.3, -0.25) is 24.0 Å². The molecule has 15 nitrogen and oxygen atoms in total. The first-order valence-electron chi connectivity index (χ1n) is 24.8. The first kappa shape index (κ1) is 56.7. The molecule has 0 aromatic carbocycles. The normalized spacial score (nSPS) is 36.6. The van der Waals surface area contributed by atoms with Gasteiger partial charge < -0.3 is 43.5 Å². The number of nitrogens with zero attached hydrogens (tertiary/aromatic N) is 1. The number of allylic oxidation sites excluding steroid dienone is 6. The summed E-state index contributed by atoms with van der Waals surface area (Å²) in [4.78, 5) is 83.9. The number of aliphatic hydroxyl groups excluding tert-OH is 1. The number of piperidine rings is 1. The Hall–Kier alpha value is -3.86. The molecule has 0 spiro atoms. The number of carbonyl (C=O) groups excluding carboxylic acids is 6. The third kappa shape index (κ3) is 15.1. The summed E-state index contributed by atoms with van der Waals surface area (Å²) in [5.41, 5.74) is 1.17. The molecule has 2 saturated heterocycles. The number of ether oxygens (including phenoxy) is 6. The van der Waals surface area contributed by atoms with Gasteiger partial charge in [-0.1, -0.05) is 71.1 Å². The van der Waals surface area contributed by atoms with E-state index in [1.807, 2.05) is 58.1 Å². The van der Waals surface area contributed by atoms with E-state index in [4.69, 9.17) is 28.4 Å². The fourth-order valence-electron chi connectivity index (χ4n) is 10.5. The Morgan fingerprint density at radius 2 is 1.60 bits per heavy atom. The predicted octanol–water partition coefficient (Wildman–Crippen LogP) is 6.75. The molecule has 1 saturated carbocycles. The van der Waals surface area contributed by atoms with Crippen LogP contribution in [0.2, 0.25) is 0 Å². The Morgan fingerprint density at radius 1 is 0.882 bits per heavy atom. The molecule has 0 aromatic heterocycles. The van der Waals surface area contributed by atoms with Crippen LogP contribution < -0.4 is 0 Å². The number of hydrogen-bond acceptors (Lipinski definition) is 14. The largest absolute Gasteiger partial charge is 0.460 e. The van der Waals surface area contributed by atoms with Gasteiger partial charge in [-0.15, -0.1) is 0 Å². The van der Waals surface area contributed by atoms with Crippen LogP contribution in [0, 0.1) is 35.5 Å². The average molecular weight is 956 g/mol. The van der Waals surface area contributed by atoms with Gasteiger partial charge >= 0.3 is 11.9 Å². The van der Waals surface area contributed by atoms with Gasteiger partial charge in [-0.25, -0.2) is 4.79 Å². The molecule has 15 heteroatoms. The number of esters is 2. The lowest BCUT2D eigenvalue weighted by Gasteiger charge is -2.42. The second kappa shape index (κ2) is 26.4. The molecule has 0 radical (unpaired) electrons. The van der Waals surface area contributed by atoms with E-state index in [0.717, 1.165) is 5.57 Å². The minimum atomic E-state index is -2.44. The number of rotatable bonds is 7. The SMILES string of the molecule is CO[C@H]1C[C@@H]2CC[C@@H](C)[C@@](O)(O2)C(=O)C(=O)N2CCCC[C@H]2C(=O)O[C@H]([C@H](C)C[C@@H]2CC[C@@H](OC(C)=O)[C@H](OC)C2)CC(=O)C(C)=CC(C)[C@@H](O)[C@@H](OC)C(=O)[C@H](C)C[C@H](C)C=CC=CC=C1C. The molecule has 15 atom stereocenters. The van der Waals surface area contributed by atoms with Crippen molar-refractivity contribution in [1.29, 1.82) is 0 Å². The van der Waals surface area contributed by atoms with Gasteiger partial charge in [0.25, 0.3) is 11.7 Å². The summed E-state index contributed by atoms with van der Waals surface area (Å²) >= 11 is 0. The number of Topliss-reactive ketones (excluding diaryl/α,β-unsaturated/α-hetero) is 3. The van der Waals surface area contributed by atoms with Gasteiger partial charge in [-0.05, 0) is 107 Å². The molecule has 3 fully saturated rings. The zero-order valence-corrected chi connectivity index (χ0v) is 42.5. The molecular weight excluding hydrogens is 875 g/mol. The van der Waals surface area contributed by atoms with E-state index in [-0.39, 0.29) is 60.8 Å². The first-order chi connectivity index (χ1) is 32.1. The Labute approximate surface area is 404 Å². The molecule has 3 aliphatic heterocycles. The van der Waals surface area contributed by atoms with E-state index in [9.17, 15) is 39.0 Å². The molecule has 382 valence electrons. The van der Waals surface area contributed by atoms with Crippen molar-refractivity contribution in [3.05, 3.63) is 47.6 Å². The van der Waals surface area contributed by atoms with E-state index in [1.165, 1.54) is 18.9 Å². The van der Waals surface area contributed by atoms with Gasteiger partial charge in [0.2, 0.25) is 5.79 Å². The highest BCUT2D eigenvalue weighted by molar-refractivity contribution is 6.39. The van der Waals surface area contributed by atoms with E-state index in [2.05, 4.69) is 0 Å². The van der Waals surface area contributed by atoms with Crippen LogP contribution in [0.5, 0.6) is 0 Å². The van der Waals surface area contributed by atoms with E-state index < -0.39 is 83.9 Å². The van der Waals surface area contributed by atoms with Gasteiger partial charge in [0, 0.05) is 65.4 Å². The summed E-state index contributed by atoms with van der Waals surface area (Å²) in [5.74, 6) is -8.51. The molecule has 2 N–H and O–H groups in total. The molecule has 2 bridgehead atoms. The average Bonchev–Trinajstić information content (AvgIpc) is 3.30. The van der Waals surface area contributed by atoms with Crippen LogP contribution >= 0.6 is 0 Å². The van der Waals surface area contributed by atoms with Crippen LogP contribution in [0.1, 0.15) is 132 Å². The number of methoxy groups -OCH3 is 3. The number of fused-ring (bicyclic) bond motifs is 3. The summed E-state index contributed by atoms with van der Waals surface area (Å²) in [6.45, 7) is 14.1. The Morgan fingerprint density at radius 3 is 2.26 bits per heavy atom. The second-order valence-corrected chi connectivity index (χ2v) is 20.2. The van der Waals surface area contributed by atoms with E-state index in [0.29, 0.717) is 69.8 Å². The second-order valence-electron chi connectivity index (χ2n) is 20.2. The Balaban J connectivity index is 1.70. The van der Waals surface area contributed by atoms with Gasteiger partial charge in [0.1, 0.15) is 24.4 Å². The van der Waals surface area contributed by atoms with Crippen LogP contribution in [0.4, 0.5) is 0 Å². The summed E-state index contributed by atoms with van der Waals surface area (Å²) in [7, 11) is 4.53. The number of cyclic esters (lactones) is 1. The monoisotopic (exact) mass is 956 g/mol. The van der Waals surface area contributed by atoms with Crippen molar-refractivity contribution in [3.63, 3.8) is 0 Å². The molecule has 0 aromatic rings. The fourth-order valence-corrected chi connectivity index (χ4v) is 10.5. The summed E-state index contributed by atoms with van der Waals surface area (Å²) in [6, 6.07) is -1.16. The van der Waals surface area contributed by atoms with E-state index >= 15 is 0 Å². The third-order valence-electron chi connectivity index (χ3n) is 14.8. The molecular formula is C53H81NO14. The highest BCUT2D eigenvalue weighted by atomic mass is 16.6. The van der Waals surface area contributed by atoms with Crippen molar-refractivity contribution in [2.75, 3.05) is 27.9 Å². The predicted molar refractivity (Wildman–Crippen MR) is 255 cm³/mol. The third-order valence-corrected chi connectivity index (χ3v) is 14.8. The maximum atomic E-state index is 14.4. The number of amides is 1. The smallest absolute Gasteiger partial charge is 0.329 e. The standard InChI is InChI=1S/C53H81NO14/c1-31-17-13-12-14-18-32(2)44(63-9)29-40-22-20-37(7)53(62,68-40)50(59)51(60)54-24-16-15-19-41(54)52(61)67-45(34(4)27-39-21-23-43(66-38(8)55)46(28-39)64-10)30-42(56)33(3)26-36(6)48(58)49(65-11)47(57)35(5)25-31/h12-14,17-18,26,31,34-37,39-41,43-46,48-49,58,62H,15-16,19-25,27-30H2,1-11H3/t31-,34-,35-,36?,37-,39+,40+,41+,43-,44+,45+,46-,48-,49+,53-/m1/s1. The Bertz CT molecular complexity index is 1870. The van der Waals surface area contributed by atoms with Crippen LogP contribution in [0.15, 0.2) is 47.6 Å². The zero-order valence-electron chi connectivity index (χ0n) is 42.5. The number of carbonyl (C=O) groups is 6. The molecule has 1 unspecified atom stereocenters. The van der Waals surface area contributed by atoms with Crippen molar-refractivity contribution in [2.24, 2.45) is 35.5 Å². The molecule has 3 heterocycles. The molecule has 1 amide bonds. The Kier molecular flexibility index (Phi) is 22.0. The van der Waals surface area contributed by atoms with Crippen molar-refractivity contribution < 1.29 is 67.4 Å². The van der Waals surface area contributed by atoms with Gasteiger partial charge in [0.05, 0.1) is 24.4 Å². The molecule has 4 aliphatic rings. The molecule has 68 heavy (non-hydrogen) atoms. The molecule has 1 aliphatic carbocycles. The first-order valence-corrected chi connectivity index (χ1v) is 24.8. The molecule has 4 rings (SSSR count). The van der Waals surface area contributed by atoms with Gasteiger partial charge in [-0.2, -0.15) is 0 Å². The maximum absolute atomic E-state index is 14.4. The van der Waals surface area contributed by atoms with Crippen LogP contribution in [-0.4, -0.2) is 133 Å². The van der Waals surface area contributed by atoms with Crippen molar-refractivity contribution >= 4 is 35.2 Å². The van der Waals surface area contributed by atoms with Gasteiger partial charge in [0.15, 0.2) is 11.6 Å². The minimum absolute atomic E-state index is 0.0137. The summed E-state index contributed by atoms with van der Waals surface area (Å²) < 4.78 is 35.1. The number of ketones is 3. The highest BCUT2D eigenvalue weighted by Crippen LogP contribution is 2.38. The highest BCUT2D eigenvalue weighted by Gasteiger charge is 2.53. The zero-order chi connectivity index (χ0) is 50.5. The summed E-state index contributed by atoms with van der Waals surface area (Å²) in [6.07, 6.45) is 11.2. The van der Waals surface area contributed by atoms with Crippen LogP contribution in [0.3, 0.4) is 0 Å². The summed E-state index contributed by atoms with van der Waals surface area (Å²) in [5, 5.41) is 23.5. The topological polar surface area (TPSA) is 201 Å². The van der Waals surface area contributed by atoms with Crippen LogP contribution in [0.25, 0.3) is 0 Å². The van der Waals surface area contributed by atoms with Crippen LogP contribution in [-0.2, 0) is 57.2 Å². The van der Waals surface area contributed by atoms with Crippen molar-refractivity contribution in [3.8, 4) is 0 Å². The van der Waals surface area contributed by atoms with E-state index in [1.54, 1.807) is 41.1 Å². The number of aliphatic hydroxyl groups is 2. The lowest BCUT2D eigenvalue weighted by molar-refractivity contribution is -0.265. The van der Waals surface area contributed by atoms with Crippen molar-refractivity contribution in [1.82, 2.24) is 4.90 Å². The lowest BCUT2D eigenvalue weighted by Crippen LogP contribution is -2.61. The fraction of sp³-hybridized carbons (Fsp3) is 0.736. The maximum Gasteiger partial charge on any atom is 0.329 e. The number of hydrogen-bond donors (Lipinski definition) is 2. The quantitative estimate of drug-likeness (QED) is 0.200. The lowest BCUT2D eigenvalue weighted by atomic mass is 9.78.